The number of benzene rings is 2. The zero-order valence-corrected chi connectivity index (χ0v) is 18.7. The van der Waals surface area contributed by atoms with Gasteiger partial charge in [0.15, 0.2) is 0 Å². The van der Waals surface area contributed by atoms with Gasteiger partial charge in [-0.3, -0.25) is 4.79 Å². The van der Waals surface area contributed by atoms with Crippen LogP contribution in [0.1, 0.15) is 56.0 Å². The van der Waals surface area contributed by atoms with Crippen LogP contribution in [0.3, 0.4) is 0 Å². The van der Waals surface area contributed by atoms with Gasteiger partial charge in [0.25, 0.3) is 5.91 Å². The fourth-order valence-corrected chi connectivity index (χ4v) is 2.45. The van der Waals surface area contributed by atoms with Crippen molar-refractivity contribution in [3.63, 3.8) is 0 Å². The zero-order chi connectivity index (χ0) is 22.9. The fraction of sp³-hybridized carbons (Fsp3) is 0.269. The molecule has 2 rings (SSSR count). The molecule has 0 spiro atoms. The van der Waals surface area contributed by atoms with E-state index >= 15 is 0 Å². The Morgan fingerprint density at radius 2 is 1.71 bits per heavy atom. The van der Waals surface area contributed by atoms with Gasteiger partial charge in [0.1, 0.15) is 0 Å². The van der Waals surface area contributed by atoms with Gasteiger partial charge >= 0.3 is 0 Å². The van der Waals surface area contributed by atoms with Gasteiger partial charge < -0.3 is 16.3 Å². The molecule has 5 N–H and O–H groups in total. The van der Waals surface area contributed by atoms with E-state index in [0.717, 1.165) is 11.3 Å². The van der Waals surface area contributed by atoms with Gasteiger partial charge in [0.2, 0.25) is 0 Å². The molecule has 0 unspecified atom stereocenters. The maximum atomic E-state index is 12.1. The Kier molecular flexibility index (Phi) is 13.1. The van der Waals surface area contributed by atoms with E-state index in [4.69, 9.17) is 10.9 Å². The third-order valence-corrected chi connectivity index (χ3v) is 4.27. The summed E-state index contributed by atoms with van der Waals surface area (Å²) in [6, 6.07) is 16.4. The fourth-order valence-electron chi connectivity index (χ4n) is 2.45. The second-order valence-electron chi connectivity index (χ2n) is 7.10. The number of hydrogen-bond acceptors (Lipinski definition) is 4. The lowest BCUT2D eigenvalue weighted by molar-refractivity contribution is 0.102. The number of rotatable bonds is 9. The zero-order valence-electron chi connectivity index (χ0n) is 18.7. The van der Waals surface area contributed by atoms with Crippen LogP contribution in [-0.2, 0) is 0 Å². The molecule has 2 aromatic rings. The van der Waals surface area contributed by atoms with Gasteiger partial charge in [-0.2, -0.15) is 5.48 Å². The van der Waals surface area contributed by atoms with Crippen LogP contribution >= 0.6 is 0 Å². The number of unbranched alkanes of at least 4 members (excludes halogenated alkanes) is 2. The predicted octanol–water partition coefficient (Wildman–Crippen LogP) is 5.91. The van der Waals surface area contributed by atoms with Crippen molar-refractivity contribution in [3.8, 4) is 0 Å². The van der Waals surface area contributed by atoms with E-state index in [0.29, 0.717) is 11.3 Å². The molecule has 0 aliphatic rings. The number of anilines is 1. The van der Waals surface area contributed by atoms with Crippen LogP contribution in [-0.4, -0.2) is 17.2 Å². The Morgan fingerprint density at radius 3 is 2.26 bits per heavy atom. The highest BCUT2D eigenvalue weighted by Crippen LogP contribution is 2.12. The number of carbonyl (C=O) groups is 1. The molecule has 166 valence electrons. The molecule has 0 aliphatic carbocycles. The Bertz CT molecular complexity index is 839. The summed E-state index contributed by atoms with van der Waals surface area (Å²) in [7, 11) is 0. The quantitative estimate of drug-likeness (QED) is 0.299. The van der Waals surface area contributed by atoms with Crippen LogP contribution in [0.25, 0.3) is 6.08 Å². The molecule has 0 fully saturated rings. The van der Waals surface area contributed by atoms with Gasteiger partial charge in [-0.25, -0.2) is 0 Å². The number of nitrogens with one attached hydrogen (secondary N) is 2. The number of nitrogens with two attached hydrogens (primary N) is 1. The topological polar surface area (TPSA) is 87.4 Å². The first-order valence-electron chi connectivity index (χ1n) is 10.7. The van der Waals surface area contributed by atoms with Crippen molar-refractivity contribution in [2.24, 2.45) is 5.73 Å². The number of allylic oxidation sites excluding steroid dienone is 3. The van der Waals surface area contributed by atoms with Crippen molar-refractivity contribution < 1.29 is 10.0 Å². The van der Waals surface area contributed by atoms with E-state index in [1.165, 1.54) is 19.3 Å². The van der Waals surface area contributed by atoms with Crippen molar-refractivity contribution >= 4 is 17.7 Å². The Hall–Kier alpha value is -3.15. The summed E-state index contributed by atoms with van der Waals surface area (Å²) >= 11 is 0. The van der Waals surface area contributed by atoms with Gasteiger partial charge in [-0.15, -0.1) is 0 Å². The molecule has 0 bridgehead atoms. The van der Waals surface area contributed by atoms with Crippen LogP contribution in [0, 0.1) is 0 Å². The van der Waals surface area contributed by atoms with E-state index in [1.54, 1.807) is 37.3 Å². The summed E-state index contributed by atoms with van der Waals surface area (Å²) in [6.07, 6.45) is 13.1. The maximum Gasteiger partial charge on any atom is 0.255 e. The maximum absolute atomic E-state index is 12.1. The molecule has 31 heavy (non-hydrogen) atoms. The molecule has 2 aromatic carbocycles. The first kappa shape index (κ1) is 25.9. The molecule has 1 atom stereocenters. The second kappa shape index (κ2) is 15.7. The summed E-state index contributed by atoms with van der Waals surface area (Å²) in [5.74, 6) is -0.136. The molecule has 0 saturated carbocycles. The third-order valence-electron chi connectivity index (χ3n) is 4.27. The van der Waals surface area contributed by atoms with Crippen molar-refractivity contribution in [2.75, 3.05) is 5.32 Å². The molecule has 5 nitrogen and oxygen atoms in total. The molecule has 5 heteroatoms. The molecule has 1 amide bonds. The van der Waals surface area contributed by atoms with Gasteiger partial charge in [-0.05, 0) is 48.9 Å². The van der Waals surface area contributed by atoms with E-state index in [1.807, 2.05) is 54.6 Å². The van der Waals surface area contributed by atoms with Crippen molar-refractivity contribution in [1.82, 2.24) is 5.48 Å². The van der Waals surface area contributed by atoms with Crippen LogP contribution in [0.2, 0.25) is 0 Å². The summed E-state index contributed by atoms with van der Waals surface area (Å²) in [5.41, 5.74) is 10.9. The highest BCUT2D eigenvalue weighted by Gasteiger charge is 2.04. The van der Waals surface area contributed by atoms with Gasteiger partial charge in [0, 0.05) is 23.0 Å². The van der Waals surface area contributed by atoms with Crippen molar-refractivity contribution in [2.45, 2.75) is 46.1 Å². The van der Waals surface area contributed by atoms with E-state index in [-0.39, 0.29) is 11.9 Å². The second-order valence-corrected chi connectivity index (χ2v) is 7.10. The van der Waals surface area contributed by atoms with Crippen LogP contribution < -0.4 is 16.5 Å². The minimum absolute atomic E-state index is 0.136. The summed E-state index contributed by atoms with van der Waals surface area (Å²) < 4.78 is 0. The highest BCUT2D eigenvalue weighted by atomic mass is 16.5. The smallest absolute Gasteiger partial charge is 0.255 e. The average molecular weight is 422 g/mol. The van der Waals surface area contributed by atoms with Crippen LogP contribution in [0.5, 0.6) is 0 Å². The summed E-state index contributed by atoms with van der Waals surface area (Å²) in [5, 5.41) is 11.6. The first-order chi connectivity index (χ1) is 15.0. The minimum Gasteiger partial charge on any atom is -0.399 e. The standard InChI is InChI=1S/C21H23N3O2.C5H12/c1-16(24-26)10-13-19(22)9-5-6-17-11-14-20(15-12-17)23-21(25)18-7-3-2-4-8-18;1-3-5-4-2/h2-16,24,26H,22H2,1H3,(H,23,25);3-5H2,1-2H3/b6-5+,13-10-,19-9-;/t16-;/m1./s1. The van der Waals surface area contributed by atoms with Crippen molar-refractivity contribution in [3.05, 3.63) is 95.7 Å². The Labute approximate surface area is 186 Å². The lowest BCUT2D eigenvalue weighted by atomic mass is 10.1. The van der Waals surface area contributed by atoms with Crippen molar-refractivity contribution in [1.29, 1.82) is 0 Å². The number of hydroxylamine groups is 1. The van der Waals surface area contributed by atoms with Gasteiger partial charge in [-0.1, -0.05) is 81.7 Å². The monoisotopic (exact) mass is 421 g/mol. The minimum atomic E-state index is -0.162. The van der Waals surface area contributed by atoms with E-state index < -0.39 is 0 Å². The predicted molar refractivity (Wildman–Crippen MR) is 131 cm³/mol. The van der Waals surface area contributed by atoms with Gasteiger partial charge in [0.05, 0.1) is 0 Å². The Morgan fingerprint density at radius 1 is 1.06 bits per heavy atom. The lowest BCUT2D eigenvalue weighted by Crippen LogP contribution is -2.18. The molecular weight excluding hydrogens is 386 g/mol. The van der Waals surface area contributed by atoms with Crippen LogP contribution in [0.15, 0.2) is 84.6 Å². The number of carbonyl (C=O) groups excluding carboxylic acids is 1. The summed E-state index contributed by atoms with van der Waals surface area (Å²) in [6.45, 7) is 6.23. The number of hydrogen-bond donors (Lipinski definition) is 4. The lowest BCUT2D eigenvalue weighted by Gasteiger charge is -2.05. The van der Waals surface area contributed by atoms with E-state index in [9.17, 15) is 4.79 Å². The van der Waals surface area contributed by atoms with Crippen LogP contribution in [0.4, 0.5) is 5.69 Å². The Balaban J connectivity index is 0.000000861. The first-order valence-corrected chi connectivity index (χ1v) is 10.7. The third kappa shape index (κ3) is 11.6. The normalized spacial score (nSPS) is 12.5. The molecule has 0 aliphatic heterocycles. The molecule has 0 saturated heterocycles. The molecule has 0 radical (unpaired) electrons. The SMILES string of the molecule is CCCCC.C[C@H](\C=C/C(N)=C/C=C/c1ccc(NC(=O)c2ccccc2)cc1)NO. The average Bonchev–Trinajstić information content (AvgIpc) is 2.80. The molecular formula is C26H35N3O2. The molecule has 0 heterocycles. The number of amides is 1. The highest BCUT2D eigenvalue weighted by molar-refractivity contribution is 6.04. The van der Waals surface area contributed by atoms with E-state index in [2.05, 4.69) is 24.6 Å². The summed E-state index contributed by atoms with van der Waals surface area (Å²) in [4.78, 5) is 12.1. The largest absolute Gasteiger partial charge is 0.399 e. The molecule has 0 aromatic heterocycles.